The number of hydrogen-bond acceptors (Lipinski definition) is 14. The highest BCUT2D eigenvalue weighted by molar-refractivity contribution is 5.85. The van der Waals surface area contributed by atoms with Crippen molar-refractivity contribution in [2.75, 3.05) is 6.56 Å². The Hall–Kier alpha value is -1.27. The number of rotatable bonds is 7. The van der Waals surface area contributed by atoms with Crippen LogP contribution < -0.4 is 0 Å². The standard InChI is InChI=1S/C41H64O14/c1-19-36(47)28(42)15-34(50-19)54-38-21(3)52-35(17-30(38)44)55-37-20(2)51-33(16-29(37)43)53-24-8-10-39(4)23(13-24)6-7-26-27(39)14-31(45)40(5)25(9-11-41(26,40)48)22-12-32(46)49-18-22/h12,19-21,23-31,33-38,42-45,47-48H,6-11,13-18H2,1-5H3/t19-,20-,21-,23-,24+,25-,26-,27+,28+,29+,30+,31-,33+,34+,35+,36-,37-,38-,39+,40+,41+/m1/s1/i12D,18D2. The number of carbonyl (C=O) groups is 1. The van der Waals surface area contributed by atoms with Crippen LogP contribution in [0.4, 0.5) is 0 Å². The summed E-state index contributed by atoms with van der Waals surface area (Å²) in [6.07, 6.45) is -5.23. The summed E-state index contributed by atoms with van der Waals surface area (Å²) in [6, 6.07) is -0.505. The number of cyclic esters (lactones) is 1. The molecule has 6 N–H and O–H groups in total. The molecule has 4 aliphatic heterocycles. The van der Waals surface area contributed by atoms with Crippen LogP contribution in [0.2, 0.25) is 0 Å². The van der Waals surface area contributed by atoms with Gasteiger partial charge in [-0.2, -0.15) is 0 Å². The lowest BCUT2D eigenvalue weighted by Gasteiger charge is -2.65. The summed E-state index contributed by atoms with van der Waals surface area (Å²) >= 11 is 0. The van der Waals surface area contributed by atoms with E-state index in [-0.39, 0.29) is 54.1 Å². The molecule has 0 bridgehead atoms. The molecule has 4 heterocycles. The Morgan fingerprint density at radius 3 is 1.93 bits per heavy atom. The molecular weight excluding hydrogens is 716 g/mol. The Kier molecular flexibility index (Phi) is 10.1. The highest BCUT2D eigenvalue weighted by Gasteiger charge is 2.71. The molecule has 0 unspecified atom stereocenters. The van der Waals surface area contributed by atoms with Crippen LogP contribution in [0.5, 0.6) is 0 Å². The van der Waals surface area contributed by atoms with Gasteiger partial charge in [0.25, 0.3) is 0 Å². The first-order chi connectivity index (χ1) is 27.2. The average Bonchev–Trinajstić information content (AvgIpc) is 3.53. The number of esters is 1. The molecule has 0 aromatic heterocycles. The molecule has 0 radical (unpaired) electrons. The summed E-state index contributed by atoms with van der Waals surface area (Å²) in [6.45, 7) is 6.83. The van der Waals surface area contributed by atoms with Gasteiger partial charge in [-0.1, -0.05) is 13.8 Å². The summed E-state index contributed by atoms with van der Waals surface area (Å²) in [5.41, 5.74) is -2.69. The number of carbonyl (C=O) groups excluding carboxylic acids is 1. The topological polar surface area (TPSA) is 203 Å². The average molecular weight is 784 g/mol. The van der Waals surface area contributed by atoms with Crippen LogP contribution in [-0.2, 0) is 38.0 Å². The van der Waals surface area contributed by atoms with Crippen molar-refractivity contribution in [2.45, 2.75) is 197 Å². The van der Waals surface area contributed by atoms with E-state index in [0.29, 0.717) is 19.3 Å². The van der Waals surface area contributed by atoms with Gasteiger partial charge in [-0.15, -0.1) is 0 Å². The third-order valence-electron chi connectivity index (χ3n) is 15.7. The second-order valence-corrected chi connectivity index (χ2v) is 18.5. The van der Waals surface area contributed by atoms with Gasteiger partial charge in [0.1, 0.15) is 24.9 Å². The summed E-state index contributed by atoms with van der Waals surface area (Å²) in [4.78, 5) is 12.3. The van der Waals surface area contributed by atoms with Crippen molar-refractivity contribution in [3.63, 3.8) is 0 Å². The molecule has 8 rings (SSSR count). The van der Waals surface area contributed by atoms with Crippen molar-refractivity contribution < 1.29 is 72.7 Å². The first-order valence-corrected chi connectivity index (χ1v) is 20.7. The fourth-order valence-corrected chi connectivity index (χ4v) is 12.5. The predicted molar refractivity (Wildman–Crippen MR) is 193 cm³/mol. The monoisotopic (exact) mass is 783 g/mol. The zero-order valence-electron chi connectivity index (χ0n) is 35.6. The lowest BCUT2D eigenvalue weighted by atomic mass is 9.42. The van der Waals surface area contributed by atoms with Crippen molar-refractivity contribution in [1.29, 1.82) is 0 Å². The molecule has 8 aliphatic rings. The van der Waals surface area contributed by atoms with E-state index in [1.54, 1.807) is 13.8 Å². The molecule has 55 heavy (non-hydrogen) atoms. The molecule has 14 heteroatoms. The van der Waals surface area contributed by atoms with Crippen LogP contribution in [0.1, 0.15) is 109 Å². The molecule has 7 fully saturated rings. The molecule has 21 atom stereocenters. The SMILES string of the molecule is [2H]C1=C([C@H]2CC[C@]3(O)[C@@H]4CC[C@@H]5C[C@@H](O[C@H]6C[C@H](O)[C@H](O[C@H]7C[C@H](O)[C@H](O[C@H]8C[C@H](O)[C@H](O)[C@@H](C)O8)[C@@H](C)O7)[C@@H](C)O6)CC[C@]5(C)[C@H]4C[C@@H](O)[C@]23C)C([2H])([2H])OC1=O. The quantitative estimate of drug-likeness (QED) is 0.162. The van der Waals surface area contributed by atoms with Gasteiger partial charge in [0.15, 0.2) is 18.9 Å². The molecule has 0 amide bonds. The van der Waals surface area contributed by atoms with Crippen LogP contribution in [0.25, 0.3) is 0 Å². The maximum absolute atomic E-state index is 12.6. The van der Waals surface area contributed by atoms with Crippen molar-refractivity contribution in [3.05, 3.63) is 11.6 Å². The van der Waals surface area contributed by atoms with Gasteiger partial charge in [-0.3, -0.25) is 0 Å². The molecule has 4 saturated carbocycles. The fourth-order valence-electron chi connectivity index (χ4n) is 12.5. The fraction of sp³-hybridized carbons (Fsp3) is 0.927. The maximum Gasteiger partial charge on any atom is 0.331 e. The third-order valence-corrected chi connectivity index (χ3v) is 15.7. The third kappa shape index (κ3) is 6.95. The Labute approximate surface area is 328 Å². The molecular formula is C41H64O14. The van der Waals surface area contributed by atoms with E-state index in [1.165, 1.54) is 0 Å². The highest BCUT2D eigenvalue weighted by Crippen LogP contribution is 2.70. The van der Waals surface area contributed by atoms with Gasteiger partial charge in [-0.05, 0) is 107 Å². The van der Waals surface area contributed by atoms with Gasteiger partial charge in [0, 0.05) is 30.7 Å². The van der Waals surface area contributed by atoms with Crippen LogP contribution in [-0.4, -0.2) is 135 Å². The minimum Gasteiger partial charge on any atom is -0.458 e. The van der Waals surface area contributed by atoms with Crippen LogP contribution in [0.15, 0.2) is 11.6 Å². The highest BCUT2D eigenvalue weighted by atomic mass is 16.7. The van der Waals surface area contributed by atoms with E-state index in [9.17, 15) is 35.4 Å². The molecule has 0 aromatic rings. The van der Waals surface area contributed by atoms with Crippen molar-refractivity contribution in [1.82, 2.24) is 0 Å². The minimum absolute atomic E-state index is 0.0173. The molecule has 312 valence electrons. The second kappa shape index (κ2) is 15.1. The molecule has 3 saturated heterocycles. The first kappa shape index (κ1) is 36.8. The summed E-state index contributed by atoms with van der Waals surface area (Å²) < 4.78 is 66.8. The molecule has 0 aromatic carbocycles. The summed E-state index contributed by atoms with van der Waals surface area (Å²) in [5, 5.41) is 67.1. The lowest BCUT2D eigenvalue weighted by molar-refractivity contribution is -0.336. The van der Waals surface area contributed by atoms with E-state index in [4.69, 9.17) is 37.3 Å². The van der Waals surface area contributed by atoms with Crippen LogP contribution in [0, 0.1) is 34.5 Å². The Morgan fingerprint density at radius 2 is 1.35 bits per heavy atom. The van der Waals surface area contributed by atoms with Crippen LogP contribution >= 0.6 is 0 Å². The van der Waals surface area contributed by atoms with Gasteiger partial charge in [-0.25, -0.2) is 4.79 Å². The molecule has 4 aliphatic carbocycles. The van der Waals surface area contributed by atoms with E-state index in [1.807, 2.05) is 13.8 Å². The van der Waals surface area contributed by atoms with E-state index in [2.05, 4.69) is 6.92 Å². The van der Waals surface area contributed by atoms with E-state index >= 15 is 0 Å². The Morgan fingerprint density at radius 1 is 0.745 bits per heavy atom. The number of aliphatic hydroxyl groups is 6. The van der Waals surface area contributed by atoms with E-state index < -0.39 is 115 Å². The van der Waals surface area contributed by atoms with Gasteiger partial charge < -0.3 is 63.8 Å². The lowest BCUT2D eigenvalue weighted by Crippen LogP contribution is -2.67. The summed E-state index contributed by atoms with van der Waals surface area (Å²) in [7, 11) is 0. The zero-order chi connectivity index (χ0) is 41.9. The molecule has 0 spiro atoms. The zero-order valence-corrected chi connectivity index (χ0v) is 32.6. The number of ether oxygens (including phenoxy) is 7. The van der Waals surface area contributed by atoms with Gasteiger partial charge >= 0.3 is 5.97 Å². The Balaban J connectivity index is 0.852. The van der Waals surface area contributed by atoms with Crippen molar-refractivity contribution >= 4 is 5.97 Å². The smallest absolute Gasteiger partial charge is 0.331 e. The first-order valence-electron chi connectivity index (χ1n) is 22.2. The molecule has 14 nitrogen and oxygen atoms in total. The number of aliphatic hydroxyl groups excluding tert-OH is 5. The van der Waals surface area contributed by atoms with Crippen molar-refractivity contribution in [2.24, 2.45) is 34.5 Å². The number of hydrogen-bond donors (Lipinski definition) is 6. The van der Waals surface area contributed by atoms with Gasteiger partial charge in [0.05, 0.1) is 58.5 Å². The van der Waals surface area contributed by atoms with Crippen LogP contribution in [0.3, 0.4) is 0 Å². The minimum atomic E-state index is -2.45. The predicted octanol–water partition coefficient (Wildman–Crippen LogP) is 2.22. The second-order valence-electron chi connectivity index (χ2n) is 18.5. The van der Waals surface area contributed by atoms with E-state index in [0.717, 1.165) is 32.1 Å². The maximum atomic E-state index is 12.6. The largest absolute Gasteiger partial charge is 0.458 e. The van der Waals surface area contributed by atoms with Crippen molar-refractivity contribution in [3.8, 4) is 0 Å². The summed E-state index contributed by atoms with van der Waals surface area (Å²) in [5.74, 6) is -1.57. The number of fused-ring (bicyclic) bond motifs is 5. The normalized spacial score (nSPS) is 57.4. The Bertz CT molecular complexity index is 1550. The van der Waals surface area contributed by atoms with Gasteiger partial charge in [0.2, 0.25) is 0 Å².